The van der Waals surface area contributed by atoms with E-state index in [4.69, 9.17) is 5.73 Å². The molecule has 7 nitrogen and oxygen atoms in total. The summed E-state index contributed by atoms with van der Waals surface area (Å²) in [7, 11) is -12.8. The smallest absolute Gasteiger partial charge is 0.399 e. The second-order valence-electron chi connectivity index (χ2n) is 6.53. The van der Waals surface area contributed by atoms with Crippen molar-refractivity contribution in [2.75, 3.05) is 5.73 Å². The zero-order chi connectivity index (χ0) is 24.3. The molecule has 3 aromatic rings. The minimum absolute atomic E-state index is 0.320. The Bertz CT molecular complexity index is 1420. The third-order valence-corrected chi connectivity index (χ3v) is 6.70. The van der Waals surface area contributed by atoms with Crippen LogP contribution in [0.15, 0.2) is 42.5 Å². The monoisotopic (exact) mass is 502 g/mol. The fourth-order valence-electron chi connectivity index (χ4n) is 2.91. The summed E-state index contributed by atoms with van der Waals surface area (Å²) >= 11 is 0. The van der Waals surface area contributed by atoms with Gasteiger partial charge in [-0.25, -0.2) is 0 Å². The van der Waals surface area contributed by atoms with Crippen molar-refractivity contribution < 1.29 is 47.4 Å². The molecule has 0 saturated carbocycles. The summed E-state index contributed by atoms with van der Waals surface area (Å²) in [5.41, 5.74) is -5.11. The Kier molecular flexibility index (Phi) is 5.41. The molecule has 174 valence electrons. The SMILES string of the molecule is Cc1cc(N)ccc1-c1ccc2c(c1)cc(OS(=O)(=O)C(F)(F)F)n2S(=O)(=O)C(F)(F)F. The standard InChI is InChI=1S/C17H12F6N2O5S2/c1-9-6-12(24)3-4-13(9)10-2-5-14-11(7-10)8-15(30-32(28,29)17(21,22)23)25(14)31(26,27)16(18,19)20/h2-8H,24H2,1H3. The summed E-state index contributed by atoms with van der Waals surface area (Å²) in [6.45, 7) is 1.67. The van der Waals surface area contributed by atoms with Crippen LogP contribution in [-0.4, -0.2) is 31.8 Å². The van der Waals surface area contributed by atoms with E-state index < -0.39 is 46.5 Å². The first kappa shape index (κ1) is 23.7. The maximum absolute atomic E-state index is 13.2. The summed E-state index contributed by atoms with van der Waals surface area (Å²) in [5.74, 6) is -1.69. The topological polar surface area (TPSA) is 108 Å². The Balaban J connectivity index is 2.31. The average molecular weight is 502 g/mol. The first-order valence-corrected chi connectivity index (χ1v) is 11.1. The van der Waals surface area contributed by atoms with Crippen molar-refractivity contribution in [2.45, 2.75) is 17.9 Å². The number of benzene rings is 2. The van der Waals surface area contributed by atoms with Crippen LogP contribution in [-0.2, 0) is 20.1 Å². The molecule has 0 bridgehead atoms. The molecule has 0 unspecified atom stereocenters. The number of aromatic nitrogens is 1. The number of nitrogen functional groups attached to an aromatic ring is 1. The van der Waals surface area contributed by atoms with Crippen molar-refractivity contribution in [1.29, 1.82) is 0 Å². The number of halogens is 6. The number of alkyl halides is 6. The molecule has 1 aromatic heterocycles. The van der Waals surface area contributed by atoms with E-state index in [2.05, 4.69) is 4.18 Å². The number of hydrogen-bond donors (Lipinski definition) is 1. The number of hydrogen-bond acceptors (Lipinski definition) is 6. The first-order chi connectivity index (χ1) is 14.5. The van der Waals surface area contributed by atoms with Crippen LogP contribution in [0.3, 0.4) is 0 Å². The highest BCUT2D eigenvalue weighted by atomic mass is 32.2. The van der Waals surface area contributed by atoms with Gasteiger partial charge in [0.1, 0.15) is 0 Å². The van der Waals surface area contributed by atoms with Gasteiger partial charge < -0.3 is 9.92 Å². The average Bonchev–Trinajstić information content (AvgIpc) is 2.96. The van der Waals surface area contributed by atoms with E-state index in [1.54, 1.807) is 19.1 Å². The Hall–Kier alpha value is -2.94. The van der Waals surface area contributed by atoms with Crippen molar-refractivity contribution >= 4 is 36.7 Å². The molecule has 0 radical (unpaired) electrons. The van der Waals surface area contributed by atoms with Crippen molar-refractivity contribution in [1.82, 2.24) is 3.97 Å². The molecule has 1 heterocycles. The van der Waals surface area contributed by atoms with Crippen LogP contribution in [0.4, 0.5) is 32.0 Å². The normalized spacial score (nSPS) is 13.5. The maximum atomic E-state index is 13.2. The molecular weight excluding hydrogens is 490 g/mol. The molecule has 3 rings (SSSR count). The van der Waals surface area contributed by atoms with Gasteiger partial charge >= 0.3 is 31.2 Å². The number of nitrogens with zero attached hydrogens (tertiary/aromatic N) is 1. The van der Waals surface area contributed by atoms with Gasteiger partial charge in [-0.2, -0.15) is 47.2 Å². The molecule has 0 aliphatic rings. The molecule has 0 saturated heterocycles. The highest BCUT2D eigenvalue weighted by Gasteiger charge is 2.52. The summed E-state index contributed by atoms with van der Waals surface area (Å²) in [6, 6.07) is 8.41. The summed E-state index contributed by atoms with van der Waals surface area (Å²) in [6.07, 6.45) is 0. The summed E-state index contributed by atoms with van der Waals surface area (Å²) in [4.78, 5) is 0. The lowest BCUT2D eigenvalue weighted by molar-refractivity contribution is -0.0502. The largest absolute Gasteiger partial charge is 0.534 e. The number of aryl methyl sites for hydroxylation is 1. The van der Waals surface area contributed by atoms with Crippen LogP contribution >= 0.6 is 0 Å². The van der Waals surface area contributed by atoms with Gasteiger partial charge in [-0.15, -0.1) is 0 Å². The number of rotatable bonds is 4. The van der Waals surface area contributed by atoms with Crippen molar-refractivity contribution in [3.63, 3.8) is 0 Å². The first-order valence-electron chi connectivity index (χ1n) is 8.30. The minimum Gasteiger partial charge on any atom is -0.399 e. The third kappa shape index (κ3) is 3.97. The predicted molar refractivity (Wildman–Crippen MR) is 102 cm³/mol. The van der Waals surface area contributed by atoms with Crippen molar-refractivity contribution in [3.8, 4) is 17.0 Å². The second kappa shape index (κ2) is 7.30. The lowest BCUT2D eigenvalue weighted by Crippen LogP contribution is -2.33. The van der Waals surface area contributed by atoms with Crippen molar-refractivity contribution in [2.24, 2.45) is 0 Å². The van der Waals surface area contributed by atoms with Gasteiger partial charge in [-0.3, -0.25) is 0 Å². The van der Waals surface area contributed by atoms with E-state index in [9.17, 15) is 43.2 Å². The van der Waals surface area contributed by atoms with Gasteiger partial charge in [-0.1, -0.05) is 12.1 Å². The predicted octanol–water partition coefficient (Wildman–Crippen LogP) is 4.13. The molecule has 2 N–H and O–H groups in total. The molecule has 0 amide bonds. The Morgan fingerprint density at radius 2 is 1.50 bits per heavy atom. The van der Waals surface area contributed by atoms with Crippen LogP contribution in [0.25, 0.3) is 22.0 Å². The highest BCUT2D eigenvalue weighted by molar-refractivity contribution is 7.91. The Morgan fingerprint density at radius 1 is 0.875 bits per heavy atom. The number of fused-ring (bicyclic) bond motifs is 1. The maximum Gasteiger partial charge on any atom is 0.534 e. The van der Waals surface area contributed by atoms with Crippen LogP contribution in [0.2, 0.25) is 0 Å². The van der Waals surface area contributed by atoms with Gasteiger partial charge in [0.2, 0.25) is 5.88 Å². The molecule has 0 atom stereocenters. The van der Waals surface area contributed by atoms with Crippen LogP contribution in [0.1, 0.15) is 5.56 Å². The zero-order valence-corrected chi connectivity index (χ0v) is 17.3. The van der Waals surface area contributed by atoms with Gasteiger partial charge in [0.05, 0.1) is 5.52 Å². The van der Waals surface area contributed by atoms with Gasteiger partial charge in [0.15, 0.2) is 0 Å². The van der Waals surface area contributed by atoms with Crippen molar-refractivity contribution in [3.05, 3.63) is 48.0 Å². The van der Waals surface area contributed by atoms with E-state index in [-0.39, 0.29) is 5.39 Å². The Labute approximate surface area is 177 Å². The molecule has 0 aliphatic heterocycles. The quantitative estimate of drug-likeness (QED) is 0.249. The molecule has 2 aromatic carbocycles. The van der Waals surface area contributed by atoms with Gasteiger partial charge in [0, 0.05) is 17.1 Å². The number of nitrogens with two attached hydrogens (primary N) is 1. The van der Waals surface area contributed by atoms with Crippen LogP contribution in [0, 0.1) is 6.92 Å². The second-order valence-corrected chi connectivity index (χ2v) is 9.84. The summed E-state index contributed by atoms with van der Waals surface area (Å²) < 4.78 is 127. The van der Waals surface area contributed by atoms with E-state index in [1.165, 1.54) is 18.2 Å². The molecular formula is C17H12F6N2O5S2. The van der Waals surface area contributed by atoms with Crippen LogP contribution in [0.5, 0.6) is 5.88 Å². The Morgan fingerprint density at radius 3 is 2.03 bits per heavy atom. The fourth-order valence-corrected chi connectivity index (χ4v) is 4.36. The lowest BCUT2D eigenvalue weighted by Gasteiger charge is -2.15. The van der Waals surface area contributed by atoms with Gasteiger partial charge in [-0.05, 0) is 47.9 Å². The zero-order valence-electron chi connectivity index (χ0n) is 15.7. The molecule has 0 aliphatic carbocycles. The minimum atomic E-state index is -6.47. The fraction of sp³-hybridized carbons (Fsp3) is 0.176. The third-order valence-electron chi connectivity index (χ3n) is 4.30. The molecule has 32 heavy (non-hydrogen) atoms. The molecule has 15 heteroatoms. The lowest BCUT2D eigenvalue weighted by atomic mass is 9.99. The highest BCUT2D eigenvalue weighted by Crippen LogP contribution is 2.38. The van der Waals surface area contributed by atoms with E-state index >= 15 is 0 Å². The summed E-state index contributed by atoms with van der Waals surface area (Å²) in [5, 5.41) is -0.320. The number of anilines is 1. The van der Waals surface area contributed by atoms with E-state index in [0.29, 0.717) is 28.4 Å². The van der Waals surface area contributed by atoms with Gasteiger partial charge in [0.25, 0.3) is 0 Å². The molecule has 0 fully saturated rings. The molecule has 0 spiro atoms. The van der Waals surface area contributed by atoms with E-state index in [1.807, 2.05) is 0 Å². The van der Waals surface area contributed by atoms with Crippen LogP contribution < -0.4 is 9.92 Å². The van der Waals surface area contributed by atoms with E-state index in [0.717, 1.165) is 6.07 Å².